The molecule has 0 saturated carbocycles. The smallest absolute Gasteiger partial charge is 0.0750 e. The molecule has 2 rings (SSSR count). The van der Waals surface area contributed by atoms with Crippen molar-refractivity contribution in [2.24, 2.45) is 0 Å². The number of hydrogen-bond donors (Lipinski definition) is 1. The Bertz CT molecular complexity index is 359. The number of ether oxygens (including phenoxy) is 1. The van der Waals surface area contributed by atoms with Crippen LogP contribution in [0.25, 0.3) is 0 Å². The average molecular weight is 220 g/mol. The molecule has 1 saturated heterocycles. The molecule has 1 atom stereocenters. The van der Waals surface area contributed by atoms with Gasteiger partial charge in [-0.3, -0.25) is 0 Å². The average Bonchev–Trinajstić information content (AvgIpc) is 2.74. The maximum absolute atomic E-state index is 5.81. The molecule has 0 spiro atoms. The molecule has 0 amide bonds. The number of benzene rings is 1. The zero-order chi connectivity index (χ0) is 11.5. The first-order chi connectivity index (χ1) is 7.66. The zero-order valence-electron chi connectivity index (χ0n) is 10.1. The van der Waals surface area contributed by atoms with E-state index in [1.54, 1.807) is 0 Å². The number of hydrogen-bond acceptors (Lipinski definition) is 3. The van der Waals surface area contributed by atoms with Crippen LogP contribution >= 0.6 is 0 Å². The van der Waals surface area contributed by atoms with Gasteiger partial charge in [-0.05, 0) is 43.5 Å². The molecular weight excluding hydrogens is 200 g/mol. The molecule has 1 aliphatic rings. The summed E-state index contributed by atoms with van der Waals surface area (Å²) in [7, 11) is 2.10. The molecule has 1 unspecified atom stereocenters. The van der Waals surface area contributed by atoms with Crippen LogP contribution in [0.15, 0.2) is 18.2 Å². The third-order valence-corrected chi connectivity index (χ3v) is 3.20. The number of anilines is 2. The maximum atomic E-state index is 5.81. The summed E-state index contributed by atoms with van der Waals surface area (Å²) in [5.41, 5.74) is 9.01. The fourth-order valence-corrected chi connectivity index (χ4v) is 2.10. The van der Waals surface area contributed by atoms with Crippen LogP contribution in [0.1, 0.15) is 18.4 Å². The van der Waals surface area contributed by atoms with E-state index in [2.05, 4.69) is 24.1 Å². The van der Waals surface area contributed by atoms with Crippen molar-refractivity contribution in [3.8, 4) is 0 Å². The van der Waals surface area contributed by atoms with Crippen LogP contribution in [0.5, 0.6) is 0 Å². The molecule has 16 heavy (non-hydrogen) atoms. The van der Waals surface area contributed by atoms with Crippen LogP contribution < -0.4 is 10.6 Å². The van der Waals surface area contributed by atoms with Gasteiger partial charge < -0.3 is 15.4 Å². The highest BCUT2D eigenvalue weighted by Crippen LogP contribution is 2.21. The summed E-state index contributed by atoms with van der Waals surface area (Å²) in [4.78, 5) is 2.24. The van der Waals surface area contributed by atoms with Gasteiger partial charge in [0.2, 0.25) is 0 Å². The van der Waals surface area contributed by atoms with Crippen molar-refractivity contribution in [1.29, 1.82) is 0 Å². The minimum Gasteiger partial charge on any atom is -0.399 e. The molecule has 1 aromatic rings. The fourth-order valence-electron chi connectivity index (χ4n) is 2.10. The third kappa shape index (κ3) is 2.47. The second-order valence-corrected chi connectivity index (χ2v) is 4.56. The molecule has 0 radical (unpaired) electrons. The standard InChI is InChI=1S/C13H20N2O/c1-10-8-11(5-6-13(10)14)15(2)9-12-4-3-7-16-12/h5-6,8,12H,3-4,7,9,14H2,1-2H3. The molecule has 0 bridgehead atoms. The van der Waals surface area contributed by atoms with E-state index in [1.807, 2.05) is 13.0 Å². The van der Waals surface area contributed by atoms with Crippen LogP contribution in [-0.2, 0) is 4.74 Å². The number of aryl methyl sites for hydroxylation is 1. The number of likely N-dealkylation sites (N-methyl/N-ethyl adjacent to an activating group) is 1. The predicted molar refractivity (Wildman–Crippen MR) is 67.8 cm³/mol. The Kier molecular flexibility index (Phi) is 3.34. The van der Waals surface area contributed by atoms with Crippen molar-refractivity contribution in [2.75, 3.05) is 30.8 Å². The largest absolute Gasteiger partial charge is 0.399 e. The van der Waals surface area contributed by atoms with Gasteiger partial charge in [-0.25, -0.2) is 0 Å². The summed E-state index contributed by atoms with van der Waals surface area (Å²) in [6.45, 7) is 3.92. The molecule has 88 valence electrons. The lowest BCUT2D eigenvalue weighted by Crippen LogP contribution is -2.28. The summed E-state index contributed by atoms with van der Waals surface area (Å²) in [5, 5.41) is 0. The third-order valence-electron chi connectivity index (χ3n) is 3.20. The van der Waals surface area contributed by atoms with E-state index in [-0.39, 0.29) is 0 Å². The lowest BCUT2D eigenvalue weighted by molar-refractivity contribution is 0.116. The van der Waals surface area contributed by atoms with Crippen LogP contribution in [0, 0.1) is 6.92 Å². The van der Waals surface area contributed by atoms with Gasteiger partial charge in [-0.2, -0.15) is 0 Å². The van der Waals surface area contributed by atoms with Crippen molar-refractivity contribution in [2.45, 2.75) is 25.9 Å². The summed E-state index contributed by atoms with van der Waals surface area (Å²) < 4.78 is 5.63. The van der Waals surface area contributed by atoms with Gasteiger partial charge in [0.15, 0.2) is 0 Å². The Morgan fingerprint density at radius 3 is 2.94 bits per heavy atom. The Balaban J connectivity index is 2.02. The Labute approximate surface area is 97.2 Å². The Hall–Kier alpha value is -1.22. The SMILES string of the molecule is Cc1cc(N(C)CC2CCCO2)ccc1N. The molecule has 1 aromatic carbocycles. The highest BCUT2D eigenvalue weighted by atomic mass is 16.5. The second-order valence-electron chi connectivity index (χ2n) is 4.56. The van der Waals surface area contributed by atoms with E-state index in [4.69, 9.17) is 10.5 Å². The van der Waals surface area contributed by atoms with Crippen molar-refractivity contribution >= 4 is 11.4 Å². The summed E-state index contributed by atoms with van der Waals surface area (Å²) in [5.74, 6) is 0. The van der Waals surface area contributed by atoms with Crippen LogP contribution in [0.4, 0.5) is 11.4 Å². The van der Waals surface area contributed by atoms with Crippen LogP contribution in [-0.4, -0.2) is 26.3 Å². The number of nitrogen functional groups attached to an aromatic ring is 1. The zero-order valence-corrected chi connectivity index (χ0v) is 10.1. The van der Waals surface area contributed by atoms with Crippen LogP contribution in [0.3, 0.4) is 0 Å². The molecule has 1 heterocycles. The van der Waals surface area contributed by atoms with Gasteiger partial charge in [0.1, 0.15) is 0 Å². The predicted octanol–water partition coefficient (Wildman–Crippen LogP) is 2.19. The molecule has 1 aliphatic heterocycles. The van der Waals surface area contributed by atoms with E-state index in [0.29, 0.717) is 6.10 Å². The van der Waals surface area contributed by atoms with Gasteiger partial charge in [0.05, 0.1) is 6.10 Å². The van der Waals surface area contributed by atoms with E-state index in [0.717, 1.165) is 24.4 Å². The molecular formula is C13H20N2O. The molecule has 3 nitrogen and oxygen atoms in total. The van der Waals surface area contributed by atoms with Gasteiger partial charge in [-0.15, -0.1) is 0 Å². The minimum atomic E-state index is 0.392. The number of nitrogens with zero attached hydrogens (tertiary/aromatic N) is 1. The van der Waals surface area contributed by atoms with Crippen molar-refractivity contribution in [3.05, 3.63) is 23.8 Å². The molecule has 2 N–H and O–H groups in total. The van der Waals surface area contributed by atoms with Gasteiger partial charge in [0.25, 0.3) is 0 Å². The van der Waals surface area contributed by atoms with Crippen molar-refractivity contribution < 1.29 is 4.74 Å². The van der Waals surface area contributed by atoms with Gasteiger partial charge in [0, 0.05) is 31.6 Å². The first-order valence-corrected chi connectivity index (χ1v) is 5.85. The number of nitrogens with two attached hydrogens (primary N) is 1. The summed E-state index contributed by atoms with van der Waals surface area (Å²) >= 11 is 0. The van der Waals surface area contributed by atoms with Crippen molar-refractivity contribution in [1.82, 2.24) is 0 Å². The lowest BCUT2D eigenvalue weighted by atomic mass is 10.1. The van der Waals surface area contributed by atoms with Crippen LogP contribution in [0.2, 0.25) is 0 Å². The first kappa shape index (κ1) is 11.3. The lowest BCUT2D eigenvalue weighted by Gasteiger charge is -2.23. The van der Waals surface area contributed by atoms with E-state index in [1.165, 1.54) is 18.5 Å². The first-order valence-electron chi connectivity index (χ1n) is 5.85. The highest BCUT2D eigenvalue weighted by molar-refractivity contribution is 5.57. The number of rotatable bonds is 3. The van der Waals surface area contributed by atoms with Gasteiger partial charge >= 0.3 is 0 Å². The molecule has 0 aliphatic carbocycles. The summed E-state index contributed by atoms with van der Waals surface area (Å²) in [6, 6.07) is 6.16. The monoisotopic (exact) mass is 220 g/mol. The van der Waals surface area contributed by atoms with Crippen molar-refractivity contribution in [3.63, 3.8) is 0 Å². The summed E-state index contributed by atoms with van der Waals surface area (Å²) in [6.07, 6.45) is 2.76. The van der Waals surface area contributed by atoms with E-state index in [9.17, 15) is 0 Å². The molecule has 3 heteroatoms. The van der Waals surface area contributed by atoms with E-state index >= 15 is 0 Å². The Morgan fingerprint density at radius 2 is 2.31 bits per heavy atom. The minimum absolute atomic E-state index is 0.392. The topological polar surface area (TPSA) is 38.5 Å². The van der Waals surface area contributed by atoms with E-state index < -0.39 is 0 Å². The highest BCUT2D eigenvalue weighted by Gasteiger charge is 2.17. The van der Waals surface area contributed by atoms with Gasteiger partial charge in [-0.1, -0.05) is 0 Å². The normalized spacial score (nSPS) is 20.0. The molecule has 0 aromatic heterocycles. The molecule has 1 fully saturated rings. The second kappa shape index (κ2) is 4.74. The Morgan fingerprint density at radius 1 is 1.50 bits per heavy atom. The maximum Gasteiger partial charge on any atom is 0.0750 e. The quantitative estimate of drug-likeness (QED) is 0.794. The fraction of sp³-hybridized carbons (Fsp3) is 0.538.